The van der Waals surface area contributed by atoms with E-state index in [9.17, 15) is 4.79 Å². The second-order valence-electron chi connectivity index (χ2n) is 5.32. The second kappa shape index (κ2) is 8.60. The molecule has 0 amide bonds. The standard InChI is InChI=1S/C16H25N3O3/c1-2-9-22-16(20)14-12-13(17)3-4-15(14)18-5-6-19-7-10-21-11-8-19/h3-4,12,18H,2,5-11,17H2,1H3. The number of hydrogen-bond acceptors (Lipinski definition) is 6. The van der Waals surface area contributed by atoms with Gasteiger partial charge in [-0.15, -0.1) is 0 Å². The van der Waals surface area contributed by atoms with Gasteiger partial charge in [-0.1, -0.05) is 6.92 Å². The smallest absolute Gasteiger partial charge is 0.340 e. The van der Waals surface area contributed by atoms with E-state index in [1.807, 2.05) is 13.0 Å². The van der Waals surface area contributed by atoms with Crippen molar-refractivity contribution in [3.8, 4) is 0 Å². The zero-order chi connectivity index (χ0) is 15.8. The summed E-state index contributed by atoms with van der Waals surface area (Å²) >= 11 is 0. The predicted octanol–water partition coefficient (Wildman–Crippen LogP) is 1.58. The van der Waals surface area contributed by atoms with E-state index in [1.165, 1.54) is 0 Å². The molecule has 0 saturated carbocycles. The van der Waals surface area contributed by atoms with Crippen LogP contribution in [0.4, 0.5) is 11.4 Å². The summed E-state index contributed by atoms with van der Waals surface area (Å²) in [6.45, 7) is 7.54. The minimum atomic E-state index is -0.331. The average Bonchev–Trinajstić information content (AvgIpc) is 2.55. The summed E-state index contributed by atoms with van der Waals surface area (Å²) in [7, 11) is 0. The highest BCUT2D eigenvalue weighted by atomic mass is 16.5. The van der Waals surface area contributed by atoms with Crippen LogP contribution in [0.2, 0.25) is 0 Å². The number of nitrogens with one attached hydrogen (secondary N) is 1. The Morgan fingerprint density at radius 3 is 2.91 bits per heavy atom. The lowest BCUT2D eigenvalue weighted by Crippen LogP contribution is -2.39. The first-order valence-corrected chi connectivity index (χ1v) is 7.81. The molecule has 0 aromatic heterocycles. The topological polar surface area (TPSA) is 76.8 Å². The number of ether oxygens (including phenoxy) is 2. The van der Waals surface area contributed by atoms with Crippen LogP contribution in [-0.2, 0) is 9.47 Å². The molecule has 1 saturated heterocycles. The van der Waals surface area contributed by atoms with E-state index in [2.05, 4.69) is 10.2 Å². The SMILES string of the molecule is CCCOC(=O)c1cc(N)ccc1NCCN1CCOCC1. The number of anilines is 2. The summed E-state index contributed by atoms with van der Waals surface area (Å²) in [5.41, 5.74) is 7.60. The first-order valence-electron chi connectivity index (χ1n) is 7.81. The summed E-state index contributed by atoms with van der Waals surface area (Å²) in [6, 6.07) is 5.28. The zero-order valence-corrected chi connectivity index (χ0v) is 13.1. The van der Waals surface area contributed by atoms with E-state index in [-0.39, 0.29) is 5.97 Å². The third kappa shape index (κ3) is 4.89. The Bertz CT molecular complexity index is 488. The second-order valence-corrected chi connectivity index (χ2v) is 5.32. The molecular formula is C16H25N3O3. The van der Waals surface area contributed by atoms with Crippen molar-refractivity contribution in [2.75, 3.05) is 57.1 Å². The molecule has 1 heterocycles. The molecule has 1 aromatic rings. The molecule has 0 unspecified atom stereocenters. The number of carbonyl (C=O) groups is 1. The Labute approximate surface area is 131 Å². The summed E-state index contributed by atoms with van der Waals surface area (Å²) in [5, 5.41) is 3.31. The van der Waals surface area contributed by atoms with Crippen molar-refractivity contribution in [1.29, 1.82) is 0 Å². The van der Waals surface area contributed by atoms with Gasteiger partial charge in [0.05, 0.1) is 25.4 Å². The van der Waals surface area contributed by atoms with Gasteiger partial charge in [0.1, 0.15) is 0 Å². The van der Waals surface area contributed by atoms with E-state index in [4.69, 9.17) is 15.2 Å². The minimum Gasteiger partial charge on any atom is -0.462 e. The van der Waals surface area contributed by atoms with Crippen molar-refractivity contribution in [3.05, 3.63) is 23.8 Å². The Balaban J connectivity index is 1.92. The number of morpholine rings is 1. The van der Waals surface area contributed by atoms with Gasteiger partial charge in [-0.05, 0) is 24.6 Å². The third-order valence-electron chi connectivity index (χ3n) is 3.55. The summed E-state index contributed by atoms with van der Waals surface area (Å²) in [4.78, 5) is 14.4. The molecule has 1 fully saturated rings. The minimum absolute atomic E-state index is 0.331. The van der Waals surface area contributed by atoms with Crippen LogP contribution in [0.5, 0.6) is 0 Å². The number of nitrogens with two attached hydrogens (primary N) is 1. The van der Waals surface area contributed by atoms with Gasteiger partial charge in [0.2, 0.25) is 0 Å². The molecule has 1 aromatic carbocycles. The lowest BCUT2D eigenvalue weighted by atomic mass is 10.1. The van der Waals surface area contributed by atoms with Gasteiger partial charge in [0.15, 0.2) is 0 Å². The molecule has 122 valence electrons. The molecule has 0 radical (unpaired) electrons. The van der Waals surface area contributed by atoms with Gasteiger partial charge in [-0.3, -0.25) is 4.90 Å². The molecule has 3 N–H and O–H groups in total. The predicted molar refractivity (Wildman–Crippen MR) is 87.2 cm³/mol. The molecule has 0 bridgehead atoms. The molecule has 1 aliphatic heterocycles. The van der Waals surface area contributed by atoms with Crippen LogP contribution < -0.4 is 11.1 Å². The molecule has 22 heavy (non-hydrogen) atoms. The van der Waals surface area contributed by atoms with Crippen LogP contribution >= 0.6 is 0 Å². The van der Waals surface area contributed by atoms with Crippen LogP contribution in [0.3, 0.4) is 0 Å². The summed E-state index contributed by atoms with van der Waals surface area (Å²) < 4.78 is 10.5. The molecule has 1 aliphatic rings. The Hall–Kier alpha value is -1.79. The van der Waals surface area contributed by atoms with Crippen molar-refractivity contribution in [1.82, 2.24) is 4.90 Å². The molecule has 2 rings (SSSR count). The monoisotopic (exact) mass is 307 g/mol. The van der Waals surface area contributed by atoms with Crippen LogP contribution in [0.1, 0.15) is 23.7 Å². The fraction of sp³-hybridized carbons (Fsp3) is 0.562. The summed E-state index contributed by atoms with van der Waals surface area (Å²) in [5.74, 6) is -0.331. The fourth-order valence-corrected chi connectivity index (χ4v) is 2.33. The first-order chi connectivity index (χ1) is 10.7. The van der Waals surface area contributed by atoms with Crippen molar-refractivity contribution in [3.63, 3.8) is 0 Å². The van der Waals surface area contributed by atoms with Crippen LogP contribution in [0, 0.1) is 0 Å². The van der Waals surface area contributed by atoms with Gasteiger partial charge < -0.3 is 20.5 Å². The van der Waals surface area contributed by atoms with Gasteiger partial charge >= 0.3 is 5.97 Å². The number of benzene rings is 1. The lowest BCUT2D eigenvalue weighted by Gasteiger charge is -2.26. The van der Waals surface area contributed by atoms with E-state index >= 15 is 0 Å². The average molecular weight is 307 g/mol. The number of carbonyl (C=O) groups excluding carboxylic acids is 1. The summed E-state index contributed by atoms with van der Waals surface area (Å²) in [6.07, 6.45) is 0.799. The molecule has 0 aliphatic carbocycles. The van der Waals surface area contributed by atoms with Gasteiger partial charge in [0, 0.05) is 37.6 Å². The normalized spacial score (nSPS) is 15.5. The number of nitrogens with zero attached hydrogens (tertiary/aromatic N) is 1. The fourth-order valence-electron chi connectivity index (χ4n) is 2.33. The van der Waals surface area contributed by atoms with Crippen LogP contribution in [0.25, 0.3) is 0 Å². The lowest BCUT2D eigenvalue weighted by molar-refractivity contribution is 0.0398. The van der Waals surface area contributed by atoms with Crippen LogP contribution in [0.15, 0.2) is 18.2 Å². The van der Waals surface area contributed by atoms with Crippen molar-refractivity contribution < 1.29 is 14.3 Å². The maximum atomic E-state index is 12.1. The number of rotatable bonds is 7. The van der Waals surface area contributed by atoms with Gasteiger partial charge in [-0.2, -0.15) is 0 Å². The molecular weight excluding hydrogens is 282 g/mol. The highest BCUT2D eigenvalue weighted by molar-refractivity contribution is 5.96. The number of esters is 1. The zero-order valence-electron chi connectivity index (χ0n) is 13.1. The molecule has 6 heteroatoms. The Morgan fingerprint density at radius 1 is 1.41 bits per heavy atom. The Kier molecular flexibility index (Phi) is 6.48. The van der Waals surface area contributed by atoms with Crippen molar-refractivity contribution in [2.45, 2.75) is 13.3 Å². The maximum Gasteiger partial charge on any atom is 0.340 e. The van der Waals surface area contributed by atoms with E-state index < -0.39 is 0 Å². The third-order valence-corrected chi connectivity index (χ3v) is 3.55. The highest BCUT2D eigenvalue weighted by Gasteiger charge is 2.14. The maximum absolute atomic E-state index is 12.1. The van der Waals surface area contributed by atoms with Gasteiger partial charge in [0.25, 0.3) is 0 Å². The van der Waals surface area contributed by atoms with Crippen molar-refractivity contribution in [2.24, 2.45) is 0 Å². The van der Waals surface area contributed by atoms with E-state index in [0.717, 1.165) is 51.5 Å². The highest BCUT2D eigenvalue weighted by Crippen LogP contribution is 2.20. The number of hydrogen-bond donors (Lipinski definition) is 2. The Morgan fingerprint density at radius 2 is 2.18 bits per heavy atom. The largest absolute Gasteiger partial charge is 0.462 e. The molecule has 6 nitrogen and oxygen atoms in total. The molecule has 0 atom stereocenters. The first kappa shape index (κ1) is 16.6. The van der Waals surface area contributed by atoms with Crippen LogP contribution in [-0.4, -0.2) is 56.9 Å². The van der Waals surface area contributed by atoms with E-state index in [0.29, 0.717) is 17.9 Å². The number of nitrogen functional groups attached to an aromatic ring is 1. The van der Waals surface area contributed by atoms with Crippen molar-refractivity contribution >= 4 is 17.3 Å². The van der Waals surface area contributed by atoms with Gasteiger partial charge in [-0.25, -0.2) is 4.79 Å². The quantitative estimate of drug-likeness (QED) is 0.588. The molecule has 0 spiro atoms. The van der Waals surface area contributed by atoms with E-state index in [1.54, 1.807) is 12.1 Å².